The van der Waals surface area contributed by atoms with Crippen molar-refractivity contribution in [3.05, 3.63) is 92.7 Å². The van der Waals surface area contributed by atoms with Crippen molar-refractivity contribution in [1.82, 2.24) is 5.43 Å². The summed E-state index contributed by atoms with van der Waals surface area (Å²) in [4.78, 5) is 12.1. The molecule has 3 rings (SSSR count). The van der Waals surface area contributed by atoms with Crippen molar-refractivity contribution in [1.29, 1.82) is 0 Å². The second-order valence-corrected chi connectivity index (χ2v) is 7.44. The number of nitrogens with one attached hydrogen (secondary N) is 1. The number of carbonyl (C=O) groups is 1. The van der Waals surface area contributed by atoms with Crippen molar-refractivity contribution in [2.24, 2.45) is 5.10 Å². The lowest BCUT2D eigenvalue weighted by Gasteiger charge is -2.13. The Morgan fingerprint density at radius 1 is 1.13 bits per heavy atom. The molecule has 0 aliphatic carbocycles. The van der Waals surface area contributed by atoms with Gasteiger partial charge in [0.1, 0.15) is 12.4 Å². The normalized spacial score (nSPS) is 10.8. The molecule has 0 bridgehead atoms. The molecule has 1 amide bonds. The Labute approximate surface area is 186 Å². The highest BCUT2D eigenvalue weighted by atomic mass is 79.9. The summed E-state index contributed by atoms with van der Waals surface area (Å²) in [6, 6.07) is 16.0. The van der Waals surface area contributed by atoms with Crippen LogP contribution in [0.5, 0.6) is 11.5 Å². The van der Waals surface area contributed by atoms with Crippen molar-refractivity contribution in [2.45, 2.75) is 6.61 Å². The molecule has 0 spiro atoms. The Kier molecular flexibility index (Phi) is 7.43. The van der Waals surface area contributed by atoms with Gasteiger partial charge in [-0.05, 0) is 70.0 Å². The molecule has 0 atom stereocenters. The number of carbonyl (C=O) groups excluding carboxylic acids is 1. The summed E-state index contributed by atoms with van der Waals surface area (Å²) >= 11 is 9.28. The van der Waals surface area contributed by atoms with Gasteiger partial charge in [0.25, 0.3) is 5.91 Å². The molecule has 5 nitrogen and oxygen atoms in total. The van der Waals surface area contributed by atoms with Crippen LogP contribution in [-0.4, -0.2) is 19.2 Å². The second-order valence-electron chi connectivity index (χ2n) is 6.15. The number of amides is 1. The standard InChI is InChI=1S/C22H17BrClFN2O3/c1-29-20-10-16(12-26-27-22(28)15-4-6-17(24)7-5-15)19(23)11-21(20)30-13-14-2-8-18(25)9-3-14/h2-12H,13H2,1H3,(H,27,28)/b26-12-. The third-order valence-corrected chi connectivity index (χ3v) is 5.01. The fourth-order valence-electron chi connectivity index (χ4n) is 2.49. The van der Waals surface area contributed by atoms with Gasteiger partial charge >= 0.3 is 0 Å². The van der Waals surface area contributed by atoms with E-state index in [0.29, 0.717) is 32.1 Å². The molecule has 0 heterocycles. The molecular formula is C22H17BrClFN2O3. The summed E-state index contributed by atoms with van der Waals surface area (Å²) in [5.41, 5.74) is 4.41. The minimum Gasteiger partial charge on any atom is -0.493 e. The van der Waals surface area contributed by atoms with E-state index in [0.717, 1.165) is 5.56 Å². The smallest absolute Gasteiger partial charge is 0.271 e. The molecule has 0 saturated heterocycles. The number of hydrogen-bond donors (Lipinski definition) is 1. The van der Waals surface area contributed by atoms with Crippen molar-refractivity contribution in [2.75, 3.05) is 7.11 Å². The Balaban J connectivity index is 1.68. The van der Waals surface area contributed by atoms with Crippen LogP contribution in [0.3, 0.4) is 0 Å². The lowest BCUT2D eigenvalue weighted by atomic mass is 10.2. The maximum absolute atomic E-state index is 13.0. The number of hydrogen-bond acceptors (Lipinski definition) is 4. The molecule has 0 aromatic heterocycles. The van der Waals surface area contributed by atoms with E-state index in [4.69, 9.17) is 21.1 Å². The van der Waals surface area contributed by atoms with Crippen LogP contribution in [0, 0.1) is 5.82 Å². The average Bonchev–Trinajstić information content (AvgIpc) is 2.75. The first-order valence-corrected chi connectivity index (χ1v) is 9.97. The highest BCUT2D eigenvalue weighted by Crippen LogP contribution is 2.33. The molecule has 8 heteroatoms. The molecule has 0 aliphatic rings. The fourth-order valence-corrected chi connectivity index (χ4v) is 3.04. The van der Waals surface area contributed by atoms with Gasteiger partial charge in [-0.15, -0.1) is 0 Å². The van der Waals surface area contributed by atoms with Crippen LogP contribution < -0.4 is 14.9 Å². The van der Waals surface area contributed by atoms with Gasteiger partial charge in [-0.1, -0.05) is 23.7 Å². The minimum absolute atomic E-state index is 0.258. The Bertz CT molecular complexity index is 1060. The first-order valence-electron chi connectivity index (χ1n) is 8.80. The minimum atomic E-state index is -0.356. The number of hydrazone groups is 1. The van der Waals surface area contributed by atoms with Gasteiger partial charge in [-0.2, -0.15) is 5.10 Å². The number of rotatable bonds is 7. The summed E-state index contributed by atoms with van der Waals surface area (Å²) in [5.74, 6) is 0.345. The summed E-state index contributed by atoms with van der Waals surface area (Å²) < 4.78 is 24.9. The third kappa shape index (κ3) is 5.81. The number of nitrogens with zero attached hydrogens (tertiary/aromatic N) is 1. The average molecular weight is 492 g/mol. The maximum Gasteiger partial charge on any atom is 0.271 e. The summed E-state index contributed by atoms with van der Waals surface area (Å²) in [7, 11) is 1.53. The van der Waals surface area contributed by atoms with Crippen LogP contribution in [0.2, 0.25) is 5.02 Å². The summed E-state index contributed by atoms with van der Waals surface area (Å²) in [6.07, 6.45) is 1.49. The Morgan fingerprint density at radius 2 is 1.83 bits per heavy atom. The Hall–Kier alpha value is -2.90. The lowest BCUT2D eigenvalue weighted by molar-refractivity contribution is 0.0955. The van der Waals surface area contributed by atoms with E-state index in [1.54, 1.807) is 48.5 Å². The molecule has 30 heavy (non-hydrogen) atoms. The van der Waals surface area contributed by atoms with E-state index >= 15 is 0 Å². The van der Waals surface area contributed by atoms with Gasteiger partial charge in [0, 0.05) is 20.6 Å². The van der Waals surface area contributed by atoms with Crippen LogP contribution in [0.25, 0.3) is 0 Å². The number of ether oxygens (including phenoxy) is 2. The SMILES string of the molecule is COc1cc(/C=N\NC(=O)c2ccc(Cl)cc2)c(Br)cc1OCc1ccc(F)cc1. The van der Waals surface area contributed by atoms with Crippen molar-refractivity contribution >= 4 is 39.7 Å². The molecule has 1 N–H and O–H groups in total. The molecule has 0 saturated carbocycles. The van der Waals surface area contributed by atoms with E-state index in [-0.39, 0.29) is 18.3 Å². The van der Waals surface area contributed by atoms with Crippen LogP contribution in [0.4, 0.5) is 4.39 Å². The van der Waals surface area contributed by atoms with Gasteiger partial charge < -0.3 is 9.47 Å². The number of benzene rings is 3. The molecule has 3 aromatic rings. The molecular weight excluding hydrogens is 475 g/mol. The molecule has 0 aliphatic heterocycles. The maximum atomic E-state index is 13.0. The van der Waals surface area contributed by atoms with E-state index < -0.39 is 0 Å². The van der Waals surface area contributed by atoms with Crippen LogP contribution in [-0.2, 0) is 6.61 Å². The quantitative estimate of drug-likeness (QED) is 0.346. The molecule has 0 unspecified atom stereocenters. The van der Waals surface area contributed by atoms with E-state index in [1.807, 2.05) is 0 Å². The van der Waals surface area contributed by atoms with E-state index in [1.165, 1.54) is 25.5 Å². The predicted octanol–water partition coefficient (Wildman–Crippen LogP) is 5.59. The topological polar surface area (TPSA) is 59.9 Å². The summed E-state index contributed by atoms with van der Waals surface area (Å²) in [6.45, 7) is 0.258. The number of methoxy groups -OCH3 is 1. The number of halogens is 3. The first kappa shape index (κ1) is 21.8. The molecule has 0 fully saturated rings. The Morgan fingerprint density at radius 3 is 2.50 bits per heavy atom. The monoisotopic (exact) mass is 490 g/mol. The van der Waals surface area contributed by atoms with Gasteiger partial charge in [-0.3, -0.25) is 4.79 Å². The predicted molar refractivity (Wildman–Crippen MR) is 118 cm³/mol. The highest BCUT2D eigenvalue weighted by Gasteiger charge is 2.10. The zero-order chi connectivity index (χ0) is 21.5. The van der Waals surface area contributed by atoms with E-state index in [2.05, 4.69) is 26.5 Å². The first-order chi connectivity index (χ1) is 14.5. The largest absolute Gasteiger partial charge is 0.493 e. The van der Waals surface area contributed by atoms with Crippen molar-refractivity contribution < 1.29 is 18.7 Å². The van der Waals surface area contributed by atoms with E-state index in [9.17, 15) is 9.18 Å². The summed E-state index contributed by atoms with van der Waals surface area (Å²) in [5, 5.41) is 4.54. The van der Waals surface area contributed by atoms with Crippen LogP contribution in [0.1, 0.15) is 21.5 Å². The molecule has 0 radical (unpaired) electrons. The van der Waals surface area contributed by atoms with Gasteiger partial charge in [0.2, 0.25) is 0 Å². The van der Waals surface area contributed by atoms with Crippen molar-refractivity contribution in [3.8, 4) is 11.5 Å². The van der Waals surface area contributed by atoms with Gasteiger partial charge in [-0.25, -0.2) is 9.82 Å². The third-order valence-electron chi connectivity index (χ3n) is 4.07. The second kappa shape index (κ2) is 10.2. The highest BCUT2D eigenvalue weighted by molar-refractivity contribution is 9.10. The molecule has 154 valence electrons. The van der Waals surface area contributed by atoms with Crippen molar-refractivity contribution in [3.63, 3.8) is 0 Å². The fraction of sp³-hybridized carbons (Fsp3) is 0.0909. The van der Waals surface area contributed by atoms with Gasteiger partial charge in [0.05, 0.1) is 13.3 Å². The molecule has 3 aromatic carbocycles. The zero-order valence-electron chi connectivity index (χ0n) is 15.9. The van der Waals surface area contributed by atoms with Crippen LogP contribution >= 0.6 is 27.5 Å². The van der Waals surface area contributed by atoms with Gasteiger partial charge in [0.15, 0.2) is 11.5 Å². The zero-order valence-corrected chi connectivity index (χ0v) is 18.2. The van der Waals surface area contributed by atoms with Crippen LogP contribution in [0.15, 0.2) is 70.2 Å². The lowest BCUT2D eigenvalue weighted by Crippen LogP contribution is -2.17.